The highest BCUT2D eigenvalue weighted by molar-refractivity contribution is 5.18. The molecule has 1 heteroatoms. The monoisotopic (exact) mass is 138 g/mol. The van der Waals surface area contributed by atoms with E-state index in [1.54, 1.807) is 0 Å². The van der Waals surface area contributed by atoms with Crippen molar-refractivity contribution in [3.8, 4) is 0 Å². The second-order valence-electron chi connectivity index (χ2n) is 4.65. The summed E-state index contributed by atoms with van der Waals surface area (Å²) in [6.45, 7) is 2.38. The van der Waals surface area contributed by atoms with E-state index in [1.165, 1.54) is 19.3 Å². The van der Waals surface area contributed by atoms with Crippen molar-refractivity contribution in [2.24, 2.45) is 23.2 Å². The van der Waals surface area contributed by atoms with Gasteiger partial charge < -0.3 is 5.11 Å². The van der Waals surface area contributed by atoms with Crippen LogP contribution in [0.5, 0.6) is 0 Å². The van der Waals surface area contributed by atoms with E-state index in [0.717, 1.165) is 5.92 Å². The van der Waals surface area contributed by atoms with Crippen LogP contribution >= 0.6 is 0 Å². The fraction of sp³-hybridized carbons (Fsp3) is 1.00. The molecule has 1 nitrogen and oxygen atoms in total. The molecule has 56 valence electrons. The van der Waals surface area contributed by atoms with Gasteiger partial charge in [0.1, 0.15) is 0 Å². The molecule has 0 amide bonds. The fourth-order valence-corrected chi connectivity index (χ4v) is 4.01. The van der Waals surface area contributed by atoms with Crippen LogP contribution in [0, 0.1) is 23.2 Å². The van der Waals surface area contributed by atoms with Gasteiger partial charge in [-0.1, -0.05) is 6.92 Å². The zero-order chi connectivity index (χ0) is 6.93. The van der Waals surface area contributed by atoms with E-state index in [0.29, 0.717) is 17.3 Å². The summed E-state index contributed by atoms with van der Waals surface area (Å²) < 4.78 is 0. The fourth-order valence-electron chi connectivity index (χ4n) is 4.01. The summed E-state index contributed by atoms with van der Waals surface area (Å²) in [7, 11) is 0. The second kappa shape index (κ2) is 1.29. The van der Waals surface area contributed by atoms with Gasteiger partial charge in [-0.2, -0.15) is 0 Å². The smallest absolute Gasteiger partial charge is 0.0604 e. The molecule has 4 aliphatic rings. The zero-order valence-corrected chi connectivity index (χ0v) is 6.38. The molecule has 0 aromatic rings. The van der Waals surface area contributed by atoms with Crippen molar-refractivity contribution in [3.63, 3.8) is 0 Å². The van der Waals surface area contributed by atoms with E-state index in [2.05, 4.69) is 6.92 Å². The number of hydrogen-bond donors (Lipinski definition) is 1. The number of aliphatic hydroxyl groups is 1. The Bertz CT molecular complexity index is 189. The van der Waals surface area contributed by atoms with Crippen molar-refractivity contribution in [3.05, 3.63) is 0 Å². The van der Waals surface area contributed by atoms with E-state index < -0.39 is 0 Å². The molecule has 0 heterocycles. The maximum Gasteiger partial charge on any atom is 0.0604 e. The standard InChI is InChI=1S/C9H14O/c1-9-4-5-6(9)2-3-7(9)8(5)10/h5-8,10H,2-4H2,1H3. The van der Waals surface area contributed by atoms with E-state index in [1.807, 2.05) is 0 Å². The first-order chi connectivity index (χ1) is 4.73. The second-order valence-corrected chi connectivity index (χ2v) is 4.65. The molecule has 4 rings (SSSR count). The lowest BCUT2D eigenvalue weighted by molar-refractivity contribution is 0.0281. The first-order valence-electron chi connectivity index (χ1n) is 4.41. The first-order valence-corrected chi connectivity index (χ1v) is 4.41. The van der Waals surface area contributed by atoms with Crippen LogP contribution in [0.2, 0.25) is 0 Å². The predicted molar refractivity (Wildman–Crippen MR) is 38.4 cm³/mol. The molecule has 4 aliphatic carbocycles. The average molecular weight is 138 g/mol. The molecule has 0 spiro atoms. The Hall–Kier alpha value is -0.0400. The molecule has 4 saturated carbocycles. The normalized spacial score (nSPS) is 70.2. The Morgan fingerprint density at radius 2 is 2.00 bits per heavy atom. The third-order valence-corrected chi connectivity index (χ3v) is 4.53. The number of hydrogen-bond acceptors (Lipinski definition) is 1. The highest BCUT2D eigenvalue weighted by Gasteiger charge is 2.69. The van der Waals surface area contributed by atoms with Gasteiger partial charge in [0, 0.05) is 0 Å². The molecular formula is C9H14O. The topological polar surface area (TPSA) is 20.2 Å². The number of rotatable bonds is 0. The lowest BCUT2D eigenvalue weighted by atomic mass is 9.62. The molecule has 0 aromatic heterocycles. The zero-order valence-electron chi connectivity index (χ0n) is 6.38. The van der Waals surface area contributed by atoms with Crippen molar-refractivity contribution >= 4 is 0 Å². The predicted octanol–water partition coefficient (Wildman–Crippen LogP) is 1.41. The van der Waals surface area contributed by atoms with Gasteiger partial charge in [-0.25, -0.2) is 0 Å². The largest absolute Gasteiger partial charge is 0.393 e. The van der Waals surface area contributed by atoms with E-state index in [4.69, 9.17) is 0 Å². The molecule has 4 fully saturated rings. The Kier molecular flexibility index (Phi) is 0.722. The van der Waals surface area contributed by atoms with Crippen molar-refractivity contribution < 1.29 is 5.11 Å². The van der Waals surface area contributed by atoms with Crippen LogP contribution in [-0.2, 0) is 0 Å². The van der Waals surface area contributed by atoms with Crippen LogP contribution in [-0.4, -0.2) is 11.2 Å². The molecule has 5 atom stereocenters. The Labute approximate surface area is 61.4 Å². The third kappa shape index (κ3) is 0.334. The van der Waals surface area contributed by atoms with Gasteiger partial charge in [0.25, 0.3) is 0 Å². The summed E-state index contributed by atoms with van der Waals surface area (Å²) in [5, 5.41) is 9.69. The highest BCUT2D eigenvalue weighted by atomic mass is 16.3. The van der Waals surface area contributed by atoms with E-state index in [-0.39, 0.29) is 6.10 Å². The van der Waals surface area contributed by atoms with Crippen LogP contribution in [0.3, 0.4) is 0 Å². The van der Waals surface area contributed by atoms with E-state index >= 15 is 0 Å². The molecule has 5 unspecified atom stereocenters. The maximum absolute atomic E-state index is 9.69. The van der Waals surface area contributed by atoms with Gasteiger partial charge in [0.2, 0.25) is 0 Å². The SMILES string of the molecule is CC12CC3C(O)C1CCC32. The van der Waals surface area contributed by atoms with Crippen LogP contribution in [0.4, 0.5) is 0 Å². The summed E-state index contributed by atoms with van der Waals surface area (Å²) in [6, 6.07) is 0. The van der Waals surface area contributed by atoms with Crippen LogP contribution in [0.1, 0.15) is 26.2 Å². The van der Waals surface area contributed by atoms with Crippen molar-refractivity contribution in [2.75, 3.05) is 0 Å². The summed E-state index contributed by atoms with van der Waals surface area (Å²) >= 11 is 0. The van der Waals surface area contributed by atoms with Crippen LogP contribution < -0.4 is 0 Å². The van der Waals surface area contributed by atoms with Crippen molar-refractivity contribution in [2.45, 2.75) is 32.3 Å². The molecule has 4 bridgehead atoms. The number of aliphatic hydroxyl groups excluding tert-OH is 1. The van der Waals surface area contributed by atoms with Gasteiger partial charge in [-0.05, 0) is 42.4 Å². The molecule has 0 saturated heterocycles. The Balaban J connectivity index is 2.07. The summed E-state index contributed by atoms with van der Waals surface area (Å²) in [6.07, 6.45) is 4.12. The quantitative estimate of drug-likeness (QED) is 0.536. The minimum Gasteiger partial charge on any atom is -0.393 e. The maximum atomic E-state index is 9.69. The Morgan fingerprint density at radius 3 is 2.40 bits per heavy atom. The minimum atomic E-state index is 0.0868. The molecule has 0 radical (unpaired) electrons. The minimum absolute atomic E-state index is 0.0868. The van der Waals surface area contributed by atoms with Gasteiger partial charge in [0.05, 0.1) is 6.10 Å². The average Bonchev–Trinajstić information content (AvgIpc) is 2.28. The van der Waals surface area contributed by atoms with Gasteiger partial charge in [-0.15, -0.1) is 0 Å². The molecule has 0 aliphatic heterocycles. The molecule has 10 heavy (non-hydrogen) atoms. The van der Waals surface area contributed by atoms with E-state index in [9.17, 15) is 5.11 Å². The first kappa shape index (κ1) is 5.59. The lowest BCUT2D eigenvalue weighted by Crippen LogP contribution is -2.37. The molecular weight excluding hydrogens is 124 g/mol. The lowest BCUT2D eigenvalue weighted by Gasteiger charge is -2.42. The van der Waals surface area contributed by atoms with Crippen molar-refractivity contribution in [1.82, 2.24) is 0 Å². The molecule has 0 aromatic carbocycles. The van der Waals surface area contributed by atoms with Gasteiger partial charge >= 0.3 is 0 Å². The molecule has 1 N–H and O–H groups in total. The van der Waals surface area contributed by atoms with Crippen LogP contribution in [0.25, 0.3) is 0 Å². The van der Waals surface area contributed by atoms with Gasteiger partial charge in [-0.3, -0.25) is 0 Å². The highest BCUT2D eigenvalue weighted by Crippen LogP contribution is 2.72. The van der Waals surface area contributed by atoms with Crippen molar-refractivity contribution in [1.29, 1.82) is 0 Å². The van der Waals surface area contributed by atoms with Gasteiger partial charge in [0.15, 0.2) is 0 Å². The summed E-state index contributed by atoms with van der Waals surface area (Å²) in [4.78, 5) is 0. The third-order valence-electron chi connectivity index (χ3n) is 4.53. The summed E-state index contributed by atoms with van der Waals surface area (Å²) in [5.41, 5.74) is 0.587. The Morgan fingerprint density at radius 1 is 1.30 bits per heavy atom. The summed E-state index contributed by atoms with van der Waals surface area (Å²) in [5.74, 6) is 2.30. The van der Waals surface area contributed by atoms with Crippen LogP contribution in [0.15, 0.2) is 0 Å².